The molecule has 0 aromatic carbocycles. The Morgan fingerprint density at radius 2 is 2.07 bits per heavy atom. The summed E-state index contributed by atoms with van der Waals surface area (Å²) in [4.78, 5) is 19.2. The molecule has 0 spiro atoms. The Bertz CT molecular complexity index is 298. The molecule has 0 aliphatic carbocycles. The Hall–Kier alpha value is -1.39. The number of rotatable bonds is 1. The first-order valence-electron chi connectivity index (χ1n) is 4.29. The molecule has 0 aromatic rings. The molecule has 0 radical (unpaired) electrons. The van der Waals surface area contributed by atoms with Gasteiger partial charge in [-0.1, -0.05) is 0 Å². The summed E-state index contributed by atoms with van der Waals surface area (Å²) in [5.41, 5.74) is -1.05. The molecule has 0 saturated carbocycles. The van der Waals surface area contributed by atoms with Gasteiger partial charge in [0.05, 0.1) is 14.2 Å². The summed E-state index contributed by atoms with van der Waals surface area (Å²) in [5.74, 6) is 0.765. The van der Waals surface area contributed by atoms with Gasteiger partial charge < -0.3 is 14.3 Å². The van der Waals surface area contributed by atoms with E-state index >= 15 is 0 Å². The quantitative estimate of drug-likeness (QED) is 0.574. The van der Waals surface area contributed by atoms with E-state index in [1.54, 1.807) is 6.92 Å². The third-order valence-electron chi connectivity index (χ3n) is 2.08. The van der Waals surface area contributed by atoms with Gasteiger partial charge in [0.15, 0.2) is 11.8 Å². The van der Waals surface area contributed by atoms with Crippen LogP contribution in [-0.2, 0) is 14.3 Å². The lowest BCUT2D eigenvalue weighted by atomic mass is 10.0. The topological polar surface area (TPSA) is 60.2 Å². The van der Waals surface area contributed by atoms with Crippen molar-refractivity contribution in [2.24, 2.45) is 9.98 Å². The largest absolute Gasteiger partial charge is 0.483 e. The molecule has 2 unspecified atom stereocenters. The fraction of sp³-hybridized carbons (Fsp3) is 0.667. The van der Waals surface area contributed by atoms with Crippen LogP contribution in [0.4, 0.5) is 0 Å². The summed E-state index contributed by atoms with van der Waals surface area (Å²) in [6, 6.07) is -0.206. The van der Waals surface area contributed by atoms with E-state index in [0.29, 0.717) is 18.1 Å². The van der Waals surface area contributed by atoms with Crippen LogP contribution in [-0.4, -0.2) is 43.9 Å². The van der Waals surface area contributed by atoms with Crippen molar-refractivity contribution in [3.63, 3.8) is 0 Å². The first-order valence-corrected chi connectivity index (χ1v) is 4.29. The molecule has 5 heteroatoms. The average molecular weight is 198 g/mol. The number of ether oxygens (including phenoxy) is 2. The van der Waals surface area contributed by atoms with Crippen LogP contribution in [0.5, 0.6) is 0 Å². The van der Waals surface area contributed by atoms with Crippen molar-refractivity contribution in [1.29, 1.82) is 0 Å². The fourth-order valence-electron chi connectivity index (χ4n) is 1.28. The number of aldehydes is 1. The zero-order valence-corrected chi connectivity index (χ0v) is 8.77. The molecule has 0 fully saturated rings. The summed E-state index contributed by atoms with van der Waals surface area (Å²) < 4.78 is 10.0. The van der Waals surface area contributed by atoms with Crippen LogP contribution < -0.4 is 0 Å². The monoisotopic (exact) mass is 198 g/mol. The Labute approximate surface area is 82.8 Å². The highest BCUT2D eigenvalue weighted by atomic mass is 16.5. The van der Waals surface area contributed by atoms with Gasteiger partial charge in [-0.3, -0.25) is 0 Å². The van der Waals surface area contributed by atoms with E-state index in [2.05, 4.69) is 9.98 Å². The summed E-state index contributed by atoms with van der Waals surface area (Å²) in [6.45, 7) is 3.46. The molecule has 1 heterocycles. The fourth-order valence-corrected chi connectivity index (χ4v) is 1.28. The van der Waals surface area contributed by atoms with Crippen molar-refractivity contribution in [2.75, 3.05) is 14.2 Å². The Kier molecular flexibility index (Phi) is 2.88. The predicted octanol–water partition coefficient (Wildman–Crippen LogP) is 0.436. The lowest BCUT2D eigenvalue weighted by Crippen LogP contribution is -2.43. The molecule has 78 valence electrons. The summed E-state index contributed by atoms with van der Waals surface area (Å²) in [6.07, 6.45) is 0.695. The first kappa shape index (κ1) is 10.7. The third kappa shape index (κ3) is 1.62. The van der Waals surface area contributed by atoms with Crippen molar-refractivity contribution in [3.8, 4) is 0 Å². The number of carbonyl (C=O) groups is 1. The van der Waals surface area contributed by atoms with Gasteiger partial charge in [0.25, 0.3) is 0 Å². The minimum absolute atomic E-state index is 0.206. The normalized spacial score (nSPS) is 31.6. The maximum atomic E-state index is 10.9. The number of carbonyl (C=O) groups excluding carboxylic acids is 1. The second-order valence-electron chi connectivity index (χ2n) is 3.23. The van der Waals surface area contributed by atoms with Gasteiger partial charge in [-0.25, -0.2) is 9.98 Å². The molecule has 1 rings (SSSR count). The zero-order valence-electron chi connectivity index (χ0n) is 8.77. The van der Waals surface area contributed by atoms with Gasteiger partial charge in [0.2, 0.25) is 11.8 Å². The first-order chi connectivity index (χ1) is 6.57. The number of methoxy groups -OCH3 is 2. The molecular formula is C9H14N2O3. The standard InChI is InChI=1S/C9H14N2O3/c1-6-7(13-3)11-9(2,5-12)8(10-6)14-4/h5-6H,1-4H3. The Morgan fingerprint density at radius 3 is 2.50 bits per heavy atom. The molecule has 1 aliphatic heterocycles. The second kappa shape index (κ2) is 3.77. The smallest absolute Gasteiger partial charge is 0.219 e. The van der Waals surface area contributed by atoms with E-state index in [1.165, 1.54) is 14.2 Å². The molecule has 0 saturated heterocycles. The molecule has 14 heavy (non-hydrogen) atoms. The molecule has 0 N–H and O–H groups in total. The van der Waals surface area contributed by atoms with E-state index in [-0.39, 0.29) is 6.04 Å². The van der Waals surface area contributed by atoms with Crippen LogP contribution in [0.15, 0.2) is 9.98 Å². The van der Waals surface area contributed by atoms with Crippen molar-refractivity contribution >= 4 is 18.1 Å². The number of aliphatic imine (C=N–C) groups is 2. The van der Waals surface area contributed by atoms with E-state index in [9.17, 15) is 4.79 Å². The molecule has 0 aromatic heterocycles. The highest BCUT2D eigenvalue weighted by Crippen LogP contribution is 2.18. The van der Waals surface area contributed by atoms with Crippen LogP contribution in [0.2, 0.25) is 0 Å². The van der Waals surface area contributed by atoms with Gasteiger partial charge in [0, 0.05) is 0 Å². The Balaban J connectivity index is 3.09. The lowest BCUT2D eigenvalue weighted by Gasteiger charge is -2.26. The molecule has 0 amide bonds. The van der Waals surface area contributed by atoms with Crippen LogP contribution in [0.25, 0.3) is 0 Å². The van der Waals surface area contributed by atoms with Crippen molar-refractivity contribution in [3.05, 3.63) is 0 Å². The molecule has 5 nitrogen and oxygen atoms in total. The summed E-state index contributed by atoms with van der Waals surface area (Å²) in [7, 11) is 2.98. The lowest BCUT2D eigenvalue weighted by molar-refractivity contribution is -0.110. The minimum Gasteiger partial charge on any atom is -0.483 e. The van der Waals surface area contributed by atoms with Crippen LogP contribution in [0.3, 0.4) is 0 Å². The van der Waals surface area contributed by atoms with Crippen molar-refractivity contribution < 1.29 is 14.3 Å². The Morgan fingerprint density at radius 1 is 1.43 bits per heavy atom. The van der Waals surface area contributed by atoms with Gasteiger partial charge in [-0.15, -0.1) is 0 Å². The maximum Gasteiger partial charge on any atom is 0.219 e. The van der Waals surface area contributed by atoms with Crippen LogP contribution in [0, 0.1) is 0 Å². The number of nitrogens with zero attached hydrogens (tertiary/aromatic N) is 2. The molecule has 1 aliphatic rings. The zero-order chi connectivity index (χ0) is 10.8. The highest BCUT2D eigenvalue weighted by Gasteiger charge is 2.37. The van der Waals surface area contributed by atoms with Crippen molar-refractivity contribution in [2.45, 2.75) is 25.4 Å². The molecular weight excluding hydrogens is 184 g/mol. The number of hydrogen-bond acceptors (Lipinski definition) is 5. The highest BCUT2D eigenvalue weighted by molar-refractivity contribution is 6.06. The number of hydrogen-bond donors (Lipinski definition) is 0. The minimum atomic E-state index is -1.05. The second-order valence-corrected chi connectivity index (χ2v) is 3.23. The van der Waals surface area contributed by atoms with E-state index in [1.807, 2.05) is 6.92 Å². The van der Waals surface area contributed by atoms with Gasteiger partial charge in [0.1, 0.15) is 6.04 Å². The molecule has 0 bridgehead atoms. The maximum absolute atomic E-state index is 10.9. The van der Waals surface area contributed by atoms with E-state index in [0.717, 1.165) is 0 Å². The summed E-state index contributed by atoms with van der Waals surface area (Å²) >= 11 is 0. The van der Waals surface area contributed by atoms with Gasteiger partial charge in [-0.05, 0) is 13.8 Å². The van der Waals surface area contributed by atoms with E-state index in [4.69, 9.17) is 9.47 Å². The van der Waals surface area contributed by atoms with E-state index < -0.39 is 5.54 Å². The summed E-state index contributed by atoms with van der Waals surface area (Å²) in [5, 5.41) is 0. The van der Waals surface area contributed by atoms with Gasteiger partial charge in [-0.2, -0.15) is 0 Å². The third-order valence-corrected chi connectivity index (χ3v) is 2.08. The van der Waals surface area contributed by atoms with Crippen molar-refractivity contribution in [1.82, 2.24) is 0 Å². The molecule has 2 atom stereocenters. The van der Waals surface area contributed by atoms with Gasteiger partial charge >= 0.3 is 0 Å². The SMILES string of the molecule is COC1=NC(C)(C=O)C(OC)=NC1C. The average Bonchev–Trinajstić information content (AvgIpc) is 2.21. The van der Waals surface area contributed by atoms with Crippen LogP contribution >= 0.6 is 0 Å². The van der Waals surface area contributed by atoms with Crippen LogP contribution in [0.1, 0.15) is 13.8 Å². The predicted molar refractivity (Wildman–Crippen MR) is 52.8 cm³/mol.